The minimum absolute atomic E-state index is 0.0911. The van der Waals surface area contributed by atoms with Crippen LogP contribution in [0, 0.1) is 5.92 Å². The molecule has 0 saturated carbocycles. The van der Waals surface area contributed by atoms with Gasteiger partial charge in [0.25, 0.3) is 0 Å². The van der Waals surface area contributed by atoms with E-state index < -0.39 is 0 Å². The van der Waals surface area contributed by atoms with Gasteiger partial charge in [-0.25, -0.2) is 0 Å². The number of phenols is 1. The monoisotopic (exact) mass is 288 g/mol. The zero-order valence-electron chi connectivity index (χ0n) is 12.9. The number of hydrogen-bond acceptors (Lipinski definition) is 4. The summed E-state index contributed by atoms with van der Waals surface area (Å²) in [5.41, 5.74) is 1.44. The van der Waals surface area contributed by atoms with Crippen molar-refractivity contribution in [2.45, 2.75) is 32.2 Å². The molecule has 2 heterocycles. The minimum Gasteiger partial charge on any atom is -0.507 e. The lowest BCUT2D eigenvalue weighted by atomic mass is 9.84. The maximum absolute atomic E-state index is 11.4. The van der Waals surface area contributed by atoms with Gasteiger partial charge in [0.05, 0.1) is 5.56 Å². The first-order valence-electron chi connectivity index (χ1n) is 7.85. The molecule has 4 heteroatoms. The van der Waals surface area contributed by atoms with Crippen molar-refractivity contribution >= 4 is 11.5 Å². The van der Waals surface area contributed by atoms with Crippen molar-refractivity contribution in [3.63, 3.8) is 0 Å². The van der Waals surface area contributed by atoms with Crippen molar-refractivity contribution in [1.82, 2.24) is 4.90 Å². The molecule has 0 amide bonds. The van der Waals surface area contributed by atoms with Crippen molar-refractivity contribution in [1.29, 1.82) is 0 Å². The summed E-state index contributed by atoms with van der Waals surface area (Å²) in [5, 5.41) is 10.0. The first-order valence-corrected chi connectivity index (χ1v) is 7.85. The quantitative estimate of drug-likeness (QED) is 0.849. The predicted molar refractivity (Wildman–Crippen MR) is 84.1 cm³/mol. The zero-order chi connectivity index (χ0) is 15.0. The number of hydrogen-bond donors (Lipinski definition) is 1. The maximum Gasteiger partial charge on any atom is 0.163 e. The van der Waals surface area contributed by atoms with E-state index in [0.29, 0.717) is 17.5 Å². The second kappa shape index (κ2) is 5.68. The van der Waals surface area contributed by atoms with Crippen LogP contribution >= 0.6 is 0 Å². The zero-order valence-corrected chi connectivity index (χ0v) is 12.9. The fourth-order valence-electron chi connectivity index (χ4n) is 3.90. The van der Waals surface area contributed by atoms with E-state index in [1.807, 2.05) is 6.07 Å². The Bertz CT molecular complexity index is 544. The Morgan fingerprint density at radius 1 is 1.29 bits per heavy atom. The van der Waals surface area contributed by atoms with Gasteiger partial charge in [-0.2, -0.15) is 0 Å². The number of fused-ring (bicyclic) bond motifs is 1. The second-order valence-electron chi connectivity index (χ2n) is 6.44. The fourth-order valence-corrected chi connectivity index (χ4v) is 3.90. The van der Waals surface area contributed by atoms with Gasteiger partial charge in [-0.3, -0.25) is 4.79 Å². The lowest BCUT2D eigenvalue weighted by Crippen LogP contribution is -2.52. The Morgan fingerprint density at radius 3 is 2.81 bits per heavy atom. The van der Waals surface area contributed by atoms with Crippen molar-refractivity contribution in [2.75, 3.05) is 31.6 Å². The van der Waals surface area contributed by atoms with Gasteiger partial charge in [0.1, 0.15) is 5.75 Å². The molecular formula is C17H24N2O2. The topological polar surface area (TPSA) is 43.8 Å². The molecule has 2 fully saturated rings. The molecule has 2 unspecified atom stereocenters. The van der Waals surface area contributed by atoms with Crippen LogP contribution in [0.1, 0.15) is 36.5 Å². The number of piperidine rings is 2. The number of carbonyl (C=O) groups excluding carboxylic acids is 1. The molecule has 1 aromatic rings. The van der Waals surface area contributed by atoms with E-state index in [1.165, 1.54) is 32.7 Å². The van der Waals surface area contributed by atoms with E-state index in [1.54, 1.807) is 12.1 Å². The van der Waals surface area contributed by atoms with Gasteiger partial charge in [-0.15, -0.1) is 0 Å². The van der Waals surface area contributed by atoms with Crippen LogP contribution in [0.4, 0.5) is 5.69 Å². The summed E-state index contributed by atoms with van der Waals surface area (Å²) in [6.07, 6.45) is 3.75. The maximum atomic E-state index is 11.4. The lowest BCUT2D eigenvalue weighted by Gasteiger charge is -2.46. The first-order chi connectivity index (χ1) is 10.1. The smallest absolute Gasteiger partial charge is 0.163 e. The third kappa shape index (κ3) is 2.77. The van der Waals surface area contributed by atoms with Crippen LogP contribution in [0.2, 0.25) is 0 Å². The van der Waals surface area contributed by atoms with Crippen LogP contribution < -0.4 is 4.90 Å². The number of nitrogens with zero attached hydrogens (tertiary/aromatic N) is 2. The average molecular weight is 288 g/mol. The molecule has 2 aliphatic rings. The number of likely N-dealkylation sites (tertiary alicyclic amines) is 1. The Balaban J connectivity index is 1.76. The summed E-state index contributed by atoms with van der Waals surface area (Å²) in [4.78, 5) is 16.3. The van der Waals surface area contributed by atoms with Gasteiger partial charge in [0, 0.05) is 30.9 Å². The molecule has 2 aliphatic heterocycles. The third-order valence-electron chi connectivity index (χ3n) is 5.07. The molecule has 2 atom stereocenters. The molecule has 1 aromatic carbocycles. The van der Waals surface area contributed by atoms with Gasteiger partial charge < -0.3 is 14.9 Å². The molecule has 2 saturated heterocycles. The molecule has 4 nitrogen and oxygen atoms in total. The summed E-state index contributed by atoms with van der Waals surface area (Å²) in [6.45, 7) is 4.77. The molecule has 0 spiro atoms. The van der Waals surface area contributed by atoms with Crippen LogP contribution in [0.25, 0.3) is 0 Å². The predicted octanol–water partition coefficient (Wildman–Crippen LogP) is 2.52. The summed E-state index contributed by atoms with van der Waals surface area (Å²) < 4.78 is 0. The number of phenolic OH excluding ortho intramolecular Hbond substituents is 1. The van der Waals surface area contributed by atoms with E-state index in [2.05, 4.69) is 16.8 Å². The number of rotatable bonds is 2. The number of anilines is 1. The normalized spacial score (nSPS) is 26.5. The summed E-state index contributed by atoms with van der Waals surface area (Å²) >= 11 is 0. The molecular weight excluding hydrogens is 264 g/mol. The highest BCUT2D eigenvalue weighted by atomic mass is 16.3. The van der Waals surface area contributed by atoms with Gasteiger partial charge in [0.2, 0.25) is 0 Å². The number of Topliss-reactive ketones (excluding diaryl/α,β-unsaturated/α-hetero) is 1. The highest BCUT2D eigenvalue weighted by molar-refractivity contribution is 5.97. The van der Waals surface area contributed by atoms with Crippen molar-refractivity contribution < 1.29 is 9.90 Å². The van der Waals surface area contributed by atoms with E-state index in [0.717, 1.165) is 18.8 Å². The number of carbonyl (C=O) groups is 1. The third-order valence-corrected chi connectivity index (χ3v) is 5.07. The Labute approximate surface area is 126 Å². The van der Waals surface area contributed by atoms with E-state index in [9.17, 15) is 9.90 Å². The summed E-state index contributed by atoms with van der Waals surface area (Å²) in [6, 6.07) is 6.15. The van der Waals surface area contributed by atoms with Gasteiger partial charge >= 0.3 is 0 Å². The number of aromatic hydroxyl groups is 1. The van der Waals surface area contributed by atoms with Crippen molar-refractivity contribution in [2.24, 2.45) is 5.92 Å². The molecule has 114 valence electrons. The van der Waals surface area contributed by atoms with Gasteiger partial charge in [0.15, 0.2) is 5.78 Å². The van der Waals surface area contributed by atoms with Gasteiger partial charge in [-0.1, -0.05) is 0 Å². The largest absolute Gasteiger partial charge is 0.507 e. The molecule has 21 heavy (non-hydrogen) atoms. The summed E-state index contributed by atoms with van der Waals surface area (Å²) in [5.74, 6) is 0.724. The van der Waals surface area contributed by atoms with Crippen molar-refractivity contribution in [3.05, 3.63) is 23.8 Å². The number of benzene rings is 1. The van der Waals surface area contributed by atoms with Gasteiger partial charge in [-0.05, 0) is 57.8 Å². The Kier molecular flexibility index (Phi) is 3.89. The first kappa shape index (κ1) is 14.4. The molecule has 1 N–H and O–H groups in total. The fraction of sp³-hybridized carbons (Fsp3) is 0.588. The molecule has 0 aliphatic carbocycles. The van der Waals surface area contributed by atoms with Crippen LogP contribution in [0.5, 0.6) is 5.75 Å². The Morgan fingerprint density at radius 2 is 2.10 bits per heavy atom. The molecule has 0 bridgehead atoms. The minimum atomic E-state index is -0.0911. The highest BCUT2D eigenvalue weighted by Crippen LogP contribution is 2.33. The average Bonchev–Trinajstić information content (AvgIpc) is 2.46. The van der Waals surface area contributed by atoms with Crippen LogP contribution in [0.15, 0.2) is 18.2 Å². The lowest BCUT2D eigenvalue weighted by molar-refractivity contribution is 0.101. The molecule has 3 rings (SSSR count). The van der Waals surface area contributed by atoms with E-state index in [-0.39, 0.29) is 11.5 Å². The van der Waals surface area contributed by atoms with E-state index in [4.69, 9.17) is 0 Å². The van der Waals surface area contributed by atoms with Crippen LogP contribution in [0.3, 0.4) is 0 Å². The second-order valence-corrected chi connectivity index (χ2v) is 6.44. The highest BCUT2D eigenvalue weighted by Gasteiger charge is 2.34. The van der Waals surface area contributed by atoms with Crippen molar-refractivity contribution in [3.8, 4) is 5.75 Å². The molecule has 0 aromatic heterocycles. The van der Waals surface area contributed by atoms with Crippen LogP contribution in [-0.2, 0) is 0 Å². The summed E-state index contributed by atoms with van der Waals surface area (Å²) in [7, 11) is 2.24. The molecule has 0 radical (unpaired) electrons. The van der Waals surface area contributed by atoms with Crippen LogP contribution in [-0.4, -0.2) is 48.5 Å². The number of ketones is 1. The Hall–Kier alpha value is -1.55. The standard InChI is InChI=1S/C17H24N2O2/c1-12(20)15-6-5-14(10-17(15)21)19-9-7-16-13(11-19)4-3-8-18(16)2/h5-6,10,13,16,21H,3-4,7-9,11H2,1-2H3. The SMILES string of the molecule is CC(=O)c1ccc(N2CCC3C(CCCN3C)C2)cc1O. The van der Waals surface area contributed by atoms with E-state index >= 15 is 0 Å².